The molecule has 2 amide bonds. The summed E-state index contributed by atoms with van der Waals surface area (Å²) in [5, 5.41) is 2.66. The third-order valence-corrected chi connectivity index (χ3v) is 6.86. The van der Waals surface area contributed by atoms with Crippen molar-refractivity contribution in [3.05, 3.63) is 35.4 Å². The van der Waals surface area contributed by atoms with Gasteiger partial charge in [0.2, 0.25) is 10.0 Å². The van der Waals surface area contributed by atoms with Gasteiger partial charge in [-0.25, -0.2) is 21.5 Å². The van der Waals surface area contributed by atoms with Crippen molar-refractivity contribution in [3.8, 4) is 0 Å². The quantitative estimate of drug-likeness (QED) is 0.653. The summed E-state index contributed by atoms with van der Waals surface area (Å²) in [7, 11) is -2.22. The molecule has 1 aromatic carbocycles. The molecule has 1 N–H and O–H groups in total. The number of halogens is 2. The minimum Gasteiger partial charge on any atom is -0.385 e. The molecule has 0 aromatic heterocycles. The number of benzene rings is 1. The molecule has 8 nitrogen and oxygen atoms in total. The number of fused-ring (bicyclic) bond motifs is 1. The molecule has 0 saturated carbocycles. The summed E-state index contributed by atoms with van der Waals surface area (Å²) < 4.78 is 57.6. The molecule has 160 valence electrons. The number of amides is 2. The highest BCUT2D eigenvalue weighted by atomic mass is 32.2. The van der Waals surface area contributed by atoms with Crippen LogP contribution in [0, 0.1) is 11.6 Å². The highest BCUT2D eigenvalue weighted by Crippen LogP contribution is 2.25. The number of carbonyl (C=O) groups excluding carboxylic acids is 2. The van der Waals surface area contributed by atoms with Gasteiger partial charge in [0, 0.05) is 45.5 Å². The molecule has 0 radical (unpaired) electrons. The molecule has 29 heavy (non-hydrogen) atoms. The molecule has 2 aliphatic heterocycles. The van der Waals surface area contributed by atoms with E-state index >= 15 is 0 Å². The van der Waals surface area contributed by atoms with E-state index < -0.39 is 45.6 Å². The molecule has 2 heterocycles. The van der Waals surface area contributed by atoms with Crippen LogP contribution in [0.25, 0.3) is 0 Å². The van der Waals surface area contributed by atoms with Crippen molar-refractivity contribution in [2.24, 2.45) is 0 Å². The van der Waals surface area contributed by atoms with Crippen molar-refractivity contribution in [2.75, 3.05) is 39.1 Å². The molecule has 11 heteroatoms. The van der Waals surface area contributed by atoms with E-state index in [1.165, 1.54) is 7.11 Å². The average Bonchev–Trinajstić information content (AvgIpc) is 3.02. The van der Waals surface area contributed by atoms with E-state index in [0.29, 0.717) is 19.1 Å². The van der Waals surface area contributed by atoms with Gasteiger partial charge in [0.05, 0.1) is 17.4 Å². The van der Waals surface area contributed by atoms with Gasteiger partial charge < -0.3 is 10.1 Å². The van der Waals surface area contributed by atoms with Crippen molar-refractivity contribution < 1.29 is 31.5 Å². The van der Waals surface area contributed by atoms with E-state index in [0.717, 1.165) is 16.4 Å². The summed E-state index contributed by atoms with van der Waals surface area (Å²) in [6, 6.07) is 1.54. The largest absolute Gasteiger partial charge is 0.385 e. The zero-order valence-corrected chi connectivity index (χ0v) is 16.8. The first-order valence-electron chi connectivity index (χ1n) is 9.26. The summed E-state index contributed by atoms with van der Waals surface area (Å²) in [5.74, 6) is -3.18. The van der Waals surface area contributed by atoms with Crippen LogP contribution >= 0.6 is 0 Å². The second-order valence-electron chi connectivity index (χ2n) is 7.11. The predicted octanol–water partition coefficient (Wildman–Crippen LogP) is 0.346. The molecule has 0 bridgehead atoms. The van der Waals surface area contributed by atoms with E-state index in [1.54, 1.807) is 4.90 Å². The zero-order chi connectivity index (χ0) is 21.2. The SMILES string of the molecule is COCCCN1C(=O)[C@@H]2C[C@H](NC(=O)c3ccc(F)cc3F)CN2CCS1(=O)=O. The molecule has 0 aliphatic carbocycles. The first kappa shape index (κ1) is 21.6. The molecule has 0 spiro atoms. The normalized spacial score (nSPS) is 24.2. The maximum absolute atomic E-state index is 13.8. The molecular formula is C18H23F2N3O5S. The number of ether oxygens (including phenoxy) is 1. The van der Waals surface area contributed by atoms with Crippen LogP contribution in [0.4, 0.5) is 8.78 Å². The Morgan fingerprint density at radius 3 is 2.79 bits per heavy atom. The fourth-order valence-electron chi connectivity index (χ4n) is 3.70. The maximum Gasteiger partial charge on any atom is 0.254 e. The van der Waals surface area contributed by atoms with Crippen molar-refractivity contribution in [2.45, 2.75) is 24.9 Å². The summed E-state index contributed by atoms with van der Waals surface area (Å²) >= 11 is 0. The van der Waals surface area contributed by atoms with Crippen LogP contribution in [0.15, 0.2) is 18.2 Å². The third kappa shape index (κ3) is 4.73. The number of nitrogens with one attached hydrogen (secondary N) is 1. The topological polar surface area (TPSA) is 96.0 Å². The van der Waals surface area contributed by atoms with Crippen molar-refractivity contribution in [3.63, 3.8) is 0 Å². The van der Waals surface area contributed by atoms with Crippen LogP contribution in [0.5, 0.6) is 0 Å². The van der Waals surface area contributed by atoms with Gasteiger partial charge in [0.15, 0.2) is 0 Å². The van der Waals surface area contributed by atoms with Crippen LogP contribution in [0.2, 0.25) is 0 Å². The van der Waals surface area contributed by atoms with Gasteiger partial charge in [-0.1, -0.05) is 0 Å². The Morgan fingerprint density at radius 2 is 2.10 bits per heavy atom. The highest BCUT2D eigenvalue weighted by molar-refractivity contribution is 7.89. The average molecular weight is 431 g/mol. The van der Waals surface area contributed by atoms with Gasteiger partial charge in [-0.3, -0.25) is 14.5 Å². The van der Waals surface area contributed by atoms with Crippen molar-refractivity contribution in [1.82, 2.24) is 14.5 Å². The predicted molar refractivity (Wildman–Crippen MR) is 99.6 cm³/mol. The lowest BCUT2D eigenvalue weighted by Crippen LogP contribution is -2.44. The number of carbonyl (C=O) groups is 2. The number of nitrogens with zero attached hydrogens (tertiary/aromatic N) is 2. The van der Waals surface area contributed by atoms with Crippen LogP contribution < -0.4 is 5.32 Å². The van der Waals surface area contributed by atoms with Crippen LogP contribution in [0.3, 0.4) is 0 Å². The van der Waals surface area contributed by atoms with E-state index in [9.17, 15) is 26.8 Å². The van der Waals surface area contributed by atoms with Crippen molar-refractivity contribution >= 4 is 21.8 Å². The van der Waals surface area contributed by atoms with Gasteiger partial charge in [-0.15, -0.1) is 0 Å². The molecule has 2 atom stereocenters. The summed E-state index contributed by atoms with van der Waals surface area (Å²) in [4.78, 5) is 26.9. The van der Waals surface area contributed by atoms with Crippen LogP contribution in [-0.2, 0) is 19.6 Å². The minimum absolute atomic E-state index is 0.0389. The molecule has 0 unspecified atom stereocenters. The fraction of sp³-hybridized carbons (Fsp3) is 0.556. The van der Waals surface area contributed by atoms with E-state index in [1.807, 2.05) is 0 Å². The Labute approximate surface area is 167 Å². The Hall–Kier alpha value is -2.11. The van der Waals surface area contributed by atoms with Gasteiger partial charge in [-0.2, -0.15) is 0 Å². The van der Waals surface area contributed by atoms with E-state index in [2.05, 4.69) is 5.32 Å². The minimum atomic E-state index is -3.71. The second kappa shape index (κ2) is 8.72. The Kier molecular flexibility index (Phi) is 6.49. The summed E-state index contributed by atoms with van der Waals surface area (Å²) in [5.41, 5.74) is -0.288. The molecule has 2 fully saturated rings. The highest BCUT2D eigenvalue weighted by Gasteiger charge is 2.45. The molecule has 3 rings (SSSR count). The lowest BCUT2D eigenvalue weighted by Gasteiger charge is -2.23. The molecule has 1 aromatic rings. The van der Waals surface area contributed by atoms with Crippen LogP contribution in [0.1, 0.15) is 23.2 Å². The number of hydrogen-bond donors (Lipinski definition) is 1. The van der Waals surface area contributed by atoms with E-state index in [4.69, 9.17) is 4.74 Å². The molecular weight excluding hydrogens is 408 g/mol. The smallest absolute Gasteiger partial charge is 0.254 e. The fourth-order valence-corrected chi connectivity index (χ4v) is 5.19. The van der Waals surface area contributed by atoms with Gasteiger partial charge in [0.1, 0.15) is 11.6 Å². The first-order valence-corrected chi connectivity index (χ1v) is 10.9. The number of sulfonamides is 1. The second-order valence-corrected chi connectivity index (χ2v) is 9.13. The van der Waals surface area contributed by atoms with Gasteiger partial charge in [0.25, 0.3) is 11.8 Å². The van der Waals surface area contributed by atoms with Gasteiger partial charge in [-0.05, 0) is 25.0 Å². The zero-order valence-electron chi connectivity index (χ0n) is 15.9. The lowest BCUT2D eigenvalue weighted by atomic mass is 10.1. The number of hydrogen-bond acceptors (Lipinski definition) is 6. The number of methoxy groups -OCH3 is 1. The summed E-state index contributed by atoms with van der Waals surface area (Å²) in [6.07, 6.45) is 0.599. The first-order chi connectivity index (χ1) is 13.7. The molecule has 2 aliphatic rings. The van der Waals surface area contributed by atoms with Crippen LogP contribution in [-0.4, -0.2) is 80.6 Å². The van der Waals surface area contributed by atoms with E-state index in [-0.39, 0.29) is 37.4 Å². The number of rotatable bonds is 6. The third-order valence-electron chi connectivity index (χ3n) is 5.13. The Bertz CT molecular complexity index is 895. The Morgan fingerprint density at radius 1 is 1.34 bits per heavy atom. The maximum atomic E-state index is 13.8. The lowest BCUT2D eigenvalue weighted by molar-refractivity contribution is -0.130. The monoisotopic (exact) mass is 431 g/mol. The van der Waals surface area contributed by atoms with Gasteiger partial charge >= 0.3 is 0 Å². The molecule has 2 saturated heterocycles. The van der Waals surface area contributed by atoms with Crippen molar-refractivity contribution in [1.29, 1.82) is 0 Å². The standard InChI is InChI=1S/C18H23F2N3O5S/c1-28-7-2-5-23-18(25)16-10-13(11-22(16)6-8-29(23,26)27)21-17(24)14-4-3-12(19)9-15(14)20/h3-4,9,13,16H,2,5-8,10-11H2,1H3,(H,21,24)/t13-,16-/m0/s1. The Balaban J connectivity index is 1.69. The summed E-state index contributed by atoms with van der Waals surface area (Å²) in [6.45, 7) is 0.802.